The molecule has 0 bridgehead atoms. The van der Waals surface area contributed by atoms with Crippen molar-refractivity contribution in [1.29, 1.82) is 0 Å². The second-order valence-corrected chi connectivity index (χ2v) is 7.25. The predicted molar refractivity (Wildman–Crippen MR) is 87.9 cm³/mol. The van der Waals surface area contributed by atoms with Gasteiger partial charge in [-0.3, -0.25) is 0 Å². The fourth-order valence-corrected chi connectivity index (χ4v) is 3.26. The summed E-state index contributed by atoms with van der Waals surface area (Å²) in [6.07, 6.45) is 3.22. The van der Waals surface area contributed by atoms with Crippen molar-refractivity contribution >= 4 is 21.8 Å². The lowest BCUT2D eigenvalue weighted by Gasteiger charge is -2.08. The fraction of sp³-hybridized carbons (Fsp3) is 0.467. The molecule has 1 aromatic carbocycles. The van der Waals surface area contributed by atoms with E-state index in [1.165, 1.54) is 0 Å². The highest BCUT2D eigenvalue weighted by Gasteiger charge is 2.13. The maximum Gasteiger partial charge on any atom is 0.240 e. The molecule has 1 rings (SSSR count). The molecule has 0 unspecified atom stereocenters. The number of benzene rings is 1. The molecular weight excluding hydrogens is 306 g/mol. The van der Waals surface area contributed by atoms with Gasteiger partial charge in [-0.1, -0.05) is 11.8 Å². The van der Waals surface area contributed by atoms with Gasteiger partial charge in [0, 0.05) is 18.5 Å². The van der Waals surface area contributed by atoms with E-state index in [-0.39, 0.29) is 11.5 Å². The van der Waals surface area contributed by atoms with Crippen molar-refractivity contribution in [2.45, 2.75) is 24.7 Å². The third kappa shape index (κ3) is 6.10. The van der Waals surface area contributed by atoms with E-state index in [0.717, 1.165) is 23.3 Å². The molecule has 0 aliphatic carbocycles. The normalized spacial score (nSPS) is 11.0. The minimum Gasteiger partial charge on any atom is -0.395 e. The molecule has 0 saturated carbocycles. The highest BCUT2D eigenvalue weighted by Crippen LogP contribution is 2.15. The van der Waals surface area contributed by atoms with E-state index in [4.69, 9.17) is 5.11 Å². The molecule has 0 spiro atoms. The van der Waals surface area contributed by atoms with Gasteiger partial charge in [0.2, 0.25) is 10.0 Å². The highest BCUT2D eigenvalue weighted by atomic mass is 32.2. The number of rotatable bonds is 7. The minimum atomic E-state index is -3.45. The Morgan fingerprint density at radius 2 is 2.14 bits per heavy atom. The van der Waals surface area contributed by atoms with Crippen molar-refractivity contribution in [3.63, 3.8) is 0 Å². The second kappa shape index (κ2) is 9.11. The van der Waals surface area contributed by atoms with Gasteiger partial charge in [-0.25, -0.2) is 13.1 Å². The summed E-state index contributed by atoms with van der Waals surface area (Å²) in [5.74, 6) is 6.69. The smallest absolute Gasteiger partial charge is 0.240 e. The van der Waals surface area contributed by atoms with Gasteiger partial charge in [0.15, 0.2) is 0 Å². The number of aliphatic hydroxyl groups is 1. The molecule has 1 aromatic rings. The lowest BCUT2D eigenvalue weighted by atomic mass is 10.1. The Morgan fingerprint density at radius 1 is 1.38 bits per heavy atom. The first-order valence-corrected chi connectivity index (χ1v) is 9.58. The molecule has 6 heteroatoms. The molecule has 0 saturated heterocycles. The van der Waals surface area contributed by atoms with Crippen LogP contribution in [0.15, 0.2) is 23.1 Å². The van der Waals surface area contributed by atoms with E-state index in [9.17, 15) is 8.42 Å². The van der Waals surface area contributed by atoms with Crippen LogP contribution in [0.25, 0.3) is 0 Å². The summed E-state index contributed by atoms with van der Waals surface area (Å²) < 4.78 is 26.9. The van der Waals surface area contributed by atoms with Gasteiger partial charge in [0.25, 0.3) is 0 Å². The molecule has 2 N–H and O–H groups in total. The molecule has 0 fully saturated rings. The van der Waals surface area contributed by atoms with Crippen LogP contribution in [0.4, 0.5) is 0 Å². The average Bonchev–Trinajstić information content (AvgIpc) is 2.45. The maximum absolute atomic E-state index is 12.1. The van der Waals surface area contributed by atoms with E-state index < -0.39 is 10.0 Å². The number of thioether (sulfide) groups is 1. The SMILES string of the molecule is CSCCCNS(=O)(=O)c1ccc(C#CCCO)c(C)c1. The van der Waals surface area contributed by atoms with E-state index in [1.807, 2.05) is 13.2 Å². The number of aliphatic hydroxyl groups excluding tert-OH is 1. The van der Waals surface area contributed by atoms with Crippen molar-refractivity contribution < 1.29 is 13.5 Å². The van der Waals surface area contributed by atoms with Crippen LogP contribution in [0, 0.1) is 18.8 Å². The summed E-state index contributed by atoms with van der Waals surface area (Å²) in [7, 11) is -3.45. The molecule has 0 heterocycles. The third-order valence-electron chi connectivity index (χ3n) is 2.79. The van der Waals surface area contributed by atoms with Crippen LogP contribution in [0.2, 0.25) is 0 Å². The Bertz CT molecular complexity index is 616. The zero-order valence-electron chi connectivity index (χ0n) is 12.3. The Labute approximate surface area is 131 Å². The first-order valence-electron chi connectivity index (χ1n) is 6.70. The van der Waals surface area contributed by atoms with Crippen LogP contribution in [0.5, 0.6) is 0 Å². The quantitative estimate of drug-likeness (QED) is 0.591. The molecule has 21 heavy (non-hydrogen) atoms. The first kappa shape index (κ1) is 18.1. The van der Waals surface area contributed by atoms with Crippen molar-refractivity contribution in [3.8, 4) is 11.8 Å². The molecule has 0 atom stereocenters. The molecule has 0 amide bonds. The molecule has 4 nitrogen and oxygen atoms in total. The number of sulfonamides is 1. The lowest BCUT2D eigenvalue weighted by molar-refractivity contribution is 0.305. The van der Waals surface area contributed by atoms with Crippen LogP contribution in [0.1, 0.15) is 24.0 Å². The van der Waals surface area contributed by atoms with Crippen LogP contribution < -0.4 is 4.72 Å². The van der Waals surface area contributed by atoms with Crippen molar-refractivity contribution in [3.05, 3.63) is 29.3 Å². The fourth-order valence-electron chi connectivity index (χ4n) is 1.66. The summed E-state index contributed by atoms with van der Waals surface area (Å²) in [6.45, 7) is 2.30. The topological polar surface area (TPSA) is 66.4 Å². The Balaban J connectivity index is 2.80. The van der Waals surface area contributed by atoms with Gasteiger partial charge >= 0.3 is 0 Å². The Kier molecular flexibility index (Phi) is 7.83. The number of aryl methyl sites for hydroxylation is 1. The number of hydrogen-bond acceptors (Lipinski definition) is 4. The standard InChI is InChI=1S/C15H21NO3S2/c1-13-12-15(8-7-14(13)6-3-4-10-17)21(18,19)16-9-5-11-20-2/h7-8,12,16-17H,4-5,9-11H2,1-2H3. The van der Waals surface area contributed by atoms with Crippen LogP contribution >= 0.6 is 11.8 Å². The van der Waals surface area contributed by atoms with Crippen LogP contribution in [0.3, 0.4) is 0 Å². The molecule has 116 valence electrons. The summed E-state index contributed by atoms with van der Waals surface area (Å²) in [6, 6.07) is 4.89. The number of hydrogen-bond donors (Lipinski definition) is 2. The van der Waals surface area contributed by atoms with Crippen molar-refractivity contribution in [2.24, 2.45) is 0 Å². The lowest BCUT2D eigenvalue weighted by Crippen LogP contribution is -2.25. The van der Waals surface area contributed by atoms with E-state index in [1.54, 1.807) is 30.0 Å². The molecule has 0 aliphatic heterocycles. The molecular formula is C15H21NO3S2. The summed E-state index contributed by atoms with van der Waals surface area (Å²) in [5.41, 5.74) is 1.59. The van der Waals surface area contributed by atoms with Gasteiger partial charge in [0.1, 0.15) is 0 Å². The predicted octanol–water partition coefficient (Wildman–Crippen LogP) is 1.76. The van der Waals surface area contributed by atoms with Crippen LogP contribution in [-0.2, 0) is 10.0 Å². The average molecular weight is 327 g/mol. The Hall–Kier alpha value is -1.00. The largest absolute Gasteiger partial charge is 0.395 e. The summed E-state index contributed by atoms with van der Waals surface area (Å²) in [4.78, 5) is 0.261. The number of nitrogens with one attached hydrogen (secondary N) is 1. The van der Waals surface area contributed by atoms with E-state index in [2.05, 4.69) is 16.6 Å². The van der Waals surface area contributed by atoms with E-state index in [0.29, 0.717) is 13.0 Å². The monoisotopic (exact) mass is 327 g/mol. The maximum atomic E-state index is 12.1. The summed E-state index contributed by atoms with van der Waals surface area (Å²) in [5, 5.41) is 8.69. The van der Waals surface area contributed by atoms with Gasteiger partial charge in [-0.15, -0.1) is 0 Å². The zero-order chi connectivity index (χ0) is 15.7. The third-order valence-corrected chi connectivity index (χ3v) is 4.94. The van der Waals surface area contributed by atoms with Gasteiger partial charge in [-0.05, 0) is 49.1 Å². The Morgan fingerprint density at radius 3 is 2.76 bits per heavy atom. The second-order valence-electron chi connectivity index (χ2n) is 4.50. The molecule has 0 aliphatic rings. The van der Waals surface area contributed by atoms with Crippen LogP contribution in [-0.4, -0.2) is 38.7 Å². The van der Waals surface area contributed by atoms with Gasteiger partial charge in [-0.2, -0.15) is 11.8 Å². The first-order chi connectivity index (χ1) is 10.0. The highest BCUT2D eigenvalue weighted by molar-refractivity contribution is 7.98. The van der Waals surface area contributed by atoms with Gasteiger partial charge < -0.3 is 5.11 Å². The molecule has 0 aromatic heterocycles. The molecule has 0 radical (unpaired) electrons. The van der Waals surface area contributed by atoms with E-state index >= 15 is 0 Å². The zero-order valence-corrected chi connectivity index (χ0v) is 14.0. The van der Waals surface area contributed by atoms with Crippen molar-refractivity contribution in [2.75, 3.05) is 25.2 Å². The summed E-state index contributed by atoms with van der Waals surface area (Å²) >= 11 is 1.69. The van der Waals surface area contributed by atoms with Gasteiger partial charge in [0.05, 0.1) is 11.5 Å². The van der Waals surface area contributed by atoms with Crippen molar-refractivity contribution in [1.82, 2.24) is 4.72 Å². The minimum absolute atomic E-state index is 0.0263.